The van der Waals surface area contributed by atoms with Crippen LogP contribution in [0.5, 0.6) is 0 Å². The summed E-state index contributed by atoms with van der Waals surface area (Å²) >= 11 is 12.0. The second-order valence-corrected chi connectivity index (χ2v) is 6.30. The molecular formula is C14H15Cl2N7O. The molecule has 3 aromatic rings. The van der Waals surface area contributed by atoms with E-state index in [1.54, 1.807) is 40.2 Å². The van der Waals surface area contributed by atoms with Crippen molar-refractivity contribution >= 4 is 28.9 Å². The zero-order valence-electron chi connectivity index (χ0n) is 12.5. The molecule has 0 aliphatic heterocycles. The van der Waals surface area contributed by atoms with Gasteiger partial charge >= 0.3 is 0 Å². The van der Waals surface area contributed by atoms with Gasteiger partial charge in [-0.1, -0.05) is 23.2 Å². The number of hydrogen-bond donors (Lipinski definition) is 2. The zero-order valence-corrected chi connectivity index (χ0v) is 14.1. The molecule has 1 aromatic carbocycles. The molecule has 2 N–H and O–H groups in total. The number of aromatic nitrogens is 6. The lowest BCUT2D eigenvalue weighted by molar-refractivity contribution is 0.0121. The molecule has 0 aliphatic carbocycles. The summed E-state index contributed by atoms with van der Waals surface area (Å²) in [5.74, 6) is 0. The molecule has 8 nitrogen and oxygen atoms in total. The van der Waals surface area contributed by atoms with Crippen LogP contribution in [0.25, 0.3) is 0 Å². The van der Waals surface area contributed by atoms with Crippen LogP contribution in [0.15, 0.2) is 43.5 Å². The Bertz CT molecular complexity index is 720. The Labute approximate surface area is 148 Å². The Morgan fingerprint density at radius 2 is 1.50 bits per heavy atom. The first-order valence-electron chi connectivity index (χ1n) is 7.10. The predicted octanol–water partition coefficient (Wildman–Crippen LogP) is 1.72. The van der Waals surface area contributed by atoms with Crippen molar-refractivity contribution in [3.63, 3.8) is 0 Å². The molecule has 0 fully saturated rings. The van der Waals surface area contributed by atoms with Crippen molar-refractivity contribution in [1.29, 1.82) is 0 Å². The molecule has 0 bridgehead atoms. The number of anilines is 1. The number of aliphatic hydroxyl groups is 1. The van der Waals surface area contributed by atoms with Gasteiger partial charge in [-0.15, -0.1) is 0 Å². The van der Waals surface area contributed by atoms with Crippen molar-refractivity contribution in [3.05, 3.63) is 53.6 Å². The third kappa shape index (κ3) is 4.44. The van der Waals surface area contributed by atoms with Crippen LogP contribution in [-0.2, 0) is 13.1 Å². The van der Waals surface area contributed by atoms with Gasteiger partial charge in [0.1, 0.15) is 30.9 Å². The van der Waals surface area contributed by atoms with E-state index < -0.39 is 5.60 Å². The molecule has 0 radical (unpaired) electrons. The van der Waals surface area contributed by atoms with Gasteiger partial charge in [0, 0.05) is 22.3 Å². The van der Waals surface area contributed by atoms with Gasteiger partial charge in [-0.05, 0) is 18.2 Å². The summed E-state index contributed by atoms with van der Waals surface area (Å²) in [7, 11) is 0. The average molecular weight is 368 g/mol. The Kier molecular flexibility index (Phi) is 4.98. The third-order valence-corrected chi connectivity index (χ3v) is 3.77. The molecule has 126 valence electrons. The molecule has 10 heteroatoms. The Balaban J connectivity index is 1.75. The van der Waals surface area contributed by atoms with E-state index in [0.29, 0.717) is 15.7 Å². The minimum absolute atomic E-state index is 0.226. The fourth-order valence-electron chi connectivity index (χ4n) is 2.32. The molecule has 0 spiro atoms. The van der Waals surface area contributed by atoms with Crippen molar-refractivity contribution in [2.24, 2.45) is 0 Å². The summed E-state index contributed by atoms with van der Waals surface area (Å²) in [6.07, 6.45) is 5.92. The highest BCUT2D eigenvalue weighted by molar-refractivity contribution is 6.35. The van der Waals surface area contributed by atoms with Gasteiger partial charge in [0.05, 0.1) is 13.1 Å². The van der Waals surface area contributed by atoms with E-state index in [1.807, 2.05) is 0 Å². The first kappa shape index (κ1) is 16.7. The van der Waals surface area contributed by atoms with Crippen LogP contribution in [0.4, 0.5) is 5.69 Å². The first-order valence-corrected chi connectivity index (χ1v) is 7.85. The van der Waals surface area contributed by atoms with Crippen molar-refractivity contribution in [2.75, 3.05) is 11.9 Å². The maximum absolute atomic E-state index is 11.0. The molecule has 0 saturated carbocycles. The monoisotopic (exact) mass is 367 g/mol. The first-order chi connectivity index (χ1) is 11.5. The lowest BCUT2D eigenvalue weighted by Crippen LogP contribution is -2.45. The summed E-state index contributed by atoms with van der Waals surface area (Å²) in [6.45, 7) is 0.686. The number of nitrogens with one attached hydrogen (secondary N) is 1. The molecule has 24 heavy (non-hydrogen) atoms. The molecule has 0 saturated heterocycles. The summed E-state index contributed by atoms with van der Waals surface area (Å²) in [4.78, 5) is 7.79. The molecule has 2 aromatic heterocycles. The lowest BCUT2D eigenvalue weighted by atomic mass is 10.0. The summed E-state index contributed by atoms with van der Waals surface area (Å²) in [5, 5.41) is 23.3. The van der Waals surface area contributed by atoms with Crippen LogP contribution in [-0.4, -0.2) is 46.8 Å². The van der Waals surface area contributed by atoms with Gasteiger partial charge in [0.25, 0.3) is 0 Å². The number of halogens is 2. The number of nitrogens with zero attached hydrogens (tertiary/aromatic N) is 6. The number of rotatable bonds is 7. The van der Waals surface area contributed by atoms with Crippen LogP contribution in [0, 0.1) is 0 Å². The second kappa shape index (κ2) is 7.16. The zero-order chi connectivity index (χ0) is 17.0. The van der Waals surface area contributed by atoms with Gasteiger partial charge in [0.2, 0.25) is 0 Å². The van der Waals surface area contributed by atoms with Crippen LogP contribution in [0.3, 0.4) is 0 Å². The van der Waals surface area contributed by atoms with Crippen LogP contribution < -0.4 is 5.32 Å². The van der Waals surface area contributed by atoms with Crippen molar-refractivity contribution in [2.45, 2.75) is 18.7 Å². The highest BCUT2D eigenvalue weighted by atomic mass is 35.5. The molecular weight excluding hydrogens is 353 g/mol. The maximum atomic E-state index is 11.0. The molecule has 0 unspecified atom stereocenters. The van der Waals surface area contributed by atoms with E-state index in [0.717, 1.165) is 0 Å². The average Bonchev–Trinajstić information content (AvgIpc) is 3.18. The van der Waals surface area contributed by atoms with E-state index >= 15 is 0 Å². The molecule has 0 amide bonds. The van der Waals surface area contributed by atoms with Crippen molar-refractivity contribution in [1.82, 2.24) is 29.5 Å². The summed E-state index contributed by atoms with van der Waals surface area (Å²) in [5.41, 5.74) is -0.473. The van der Waals surface area contributed by atoms with Gasteiger partial charge in [-0.2, -0.15) is 10.2 Å². The number of hydrogen-bond acceptors (Lipinski definition) is 6. The standard InChI is InChI=1S/C14H15Cl2N7O/c15-11-1-12(16)3-13(2-11)19-4-14(24,5-22-9-17-7-20-22)6-23-10-18-8-21-23/h1-3,7-10,19,24H,4-6H2. The molecule has 3 rings (SSSR count). The number of benzene rings is 1. The molecule has 0 atom stereocenters. The summed E-state index contributed by atoms with van der Waals surface area (Å²) in [6, 6.07) is 5.11. The van der Waals surface area contributed by atoms with Gasteiger partial charge in [-0.25, -0.2) is 19.3 Å². The third-order valence-electron chi connectivity index (χ3n) is 3.33. The Hall–Kier alpha value is -2.16. The topological polar surface area (TPSA) is 93.7 Å². The minimum atomic E-state index is -1.18. The highest BCUT2D eigenvalue weighted by Gasteiger charge is 2.29. The van der Waals surface area contributed by atoms with E-state index in [9.17, 15) is 5.11 Å². The Morgan fingerprint density at radius 1 is 0.958 bits per heavy atom. The normalized spacial score (nSPS) is 11.6. The summed E-state index contributed by atoms with van der Waals surface area (Å²) < 4.78 is 3.12. The minimum Gasteiger partial charge on any atom is -0.384 e. The largest absolute Gasteiger partial charge is 0.384 e. The van der Waals surface area contributed by atoms with Crippen LogP contribution in [0.2, 0.25) is 10.0 Å². The van der Waals surface area contributed by atoms with E-state index in [4.69, 9.17) is 23.2 Å². The molecule has 2 heterocycles. The van der Waals surface area contributed by atoms with Gasteiger partial charge in [-0.3, -0.25) is 0 Å². The fraction of sp³-hybridized carbons (Fsp3) is 0.286. The maximum Gasteiger partial charge on any atom is 0.137 e. The SMILES string of the molecule is OC(CNc1cc(Cl)cc(Cl)c1)(Cn1cncn1)Cn1cncn1. The van der Waals surface area contributed by atoms with E-state index in [2.05, 4.69) is 25.5 Å². The smallest absolute Gasteiger partial charge is 0.137 e. The van der Waals surface area contributed by atoms with Gasteiger partial charge < -0.3 is 10.4 Å². The van der Waals surface area contributed by atoms with E-state index in [1.165, 1.54) is 12.7 Å². The molecule has 0 aliphatic rings. The quantitative estimate of drug-likeness (QED) is 0.660. The van der Waals surface area contributed by atoms with Crippen molar-refractivity contribution in [3.8, 4) is 0 Å². The highest BCUT2D eigenvalue weighted by Crippen LogP contribution is 2.23. The van der Waals surface area contributed by atoms with Crippen LogP contribution in [0.1, 0.15) is 0 Å². The van der Waals surface area contributed by atoms with Gasteiger partial charge in [0.15, 0.2) is 0 Å². The van der Waals surface area contributed by atoms with Crippen molar-refractivity contribution < 1.29 is 5.11 Å². The van der Waals surface area contributed by atoms with Crippen LogP contribution >= 0.6 is 23.2 Å². The predicted molar refractivity (Wildman–Crippen MR) is 89.9 cm³/mol. The Morgan fingerprint density at radius 3 is 1.96 bits per heavy atom. The fourth-order valence-corrected chi connectivity index (χ4v) is 2.84. The van der Waals surface area contributed by atoms with E-state index in [-0.39, 0.29) is 19.6 Å². The second-order valence-electron chi connectivity index (χ2n) is 5.42. The lowest BCUT2D eigenvalue weighted by Gasteiger charge is -2.28.